The van der Waals surface area contributed by atoms with E-state index in [1.165, 1.54) is 4.90 Å². The van der Waals surface area contributed by atoms with Crippen molar-refractivity contribution in [3.63, 3.8) is 0 Å². The summed E-state index contributed by atoms with van der Waals surface area (Å²) in [6.45, 7) is 5.69. The van der Waals surface area contributed by atoms with Gasteiger partial charge in [-0.15, -0.1) is 0 Å². The number of likely N-dealkylation sites (tertiary alicyclic amines) is 1. The molecule has 4 atom stereocenters. The molecule has 1 fully saturated rings. The second-order valence-electron chi connectivity index (χ2n) is 15.1. The number of oxazole rings is 1. The van der Waals surface area contributed by atoms with Crippen molar-refractivity contribution in [1.29, 1.82) is 0 Å². The first-order chi connectivity index (χ1) is 27.5. The van der Waals surface area contributed by atoms with Gasteiger partial charge in [0.2, 0.25) is 27.6 Å². The van der Waals surface area contributed by atoms with Crippen LogP contribution in [0, 0.1) is 0 Å². The Labute approximate surface area is 343 Å². The number of para-hydroxylation sites is 2. The zero-order chi connectivity index (χ0) is 41.9. The third-order valence-corrected chi connectivity index (χ3v) is 10.1. The topological polar surface area (TPSA) is 186 Å². The van der Waals surface area contributed by atoms with Crippen LogP contribution in [0.5, 0.6) is 0 Å². The summed E-state index contributed by atoms with van der Waals surface area (Å²) >= 11 is 6.06. The fourth-order valence-corrected chi connectivity index (χ4v) is 7.25. The molecule has 14 nitrogen and oxygen atoms in total. The summed E-state index contributed by atoms with van der Waals surface area (Å²) < 4.78 is 44.8. The molecule has 2 heterocycles. The first-order valence-corrected chi connectivity index (χ1v) is 21.3. The number of rotatable bonds is 18. The predicted octanol–water partition coefficient (Wildman–Crippen LogP) is 6.05. The molecule has 5 rings (SSSR count). The molecule has 0 radical (unpaired) electrons. The molecule has 4 aromatic rings. The van der Waals surface area contributed by atoms with Crippen molar-refractivity contribution >= 4 is 62.5 Å². The Morgan fingerprint density at radius 3 is 2.38 bits per heavy atom. The van der Waals surface area contributed by atoms with Gasteiger partial charge in [-0.05, 0) is 81.8 Å². The molecule has 1 aliphatic heterocycles. The van der Waals surface area contributed by atoms with Gasteiger partial charge < -0.3 is 29.4 Å². The number of alkyl carbamates (subject to hydrolysis) is 1. The number of hydrogen-bond donors (Lipinski definition) is 3. The molecule has 3 aromatic carbocycles. The van der Waals surface area contributed by atoms with Crippen LogP contribution in [-0.4, -0.2) is 91.2 Å². The molecule has 0 aliphatic carbocycles. The van der Waals surface area contributed by atoms with Crippen LogP contribution >= 0.6 is 11.6 Å². The number of Topliss-reactive ketones (excluding diaryl/α,β-unsaturated/α-hetero) is 1. The molecule has 16 heteroatoms. The summed E-state index contributed by atoms with van der Waals surface area (Å²) in [4.78, 5) is 60.5. The van der Waals surface area contributed by atoms with Gasteiger partial charge in [0, 0.05) is 24.5 Å². The quantitative estimate of drug-likeness (QED) is 0.0787. The molecule has 3 N–H and O–H groups in total. The fourth-order valence-electron chi connectivity index (χ4n) is 6.41. The van der Waals surface area contributed by atoms with Crippen molar-refractivity contribution < 1.29 is 41.5 Å². The van der Waals surface area contributed by atoms with Crippen LogP contribution < -0.4 is 15.4 Å². The second kappa shape index (κ2) is 20.1. The van der Waals surface area contributed by atoms with E-state index in [0.29, 0.717) is 29.0 Å². The summed E-state index contributed by atoms with van der Waals surface area (Å²) in [6.07, 6.45) is 4.34. The van der Waals surface area contributed by atoms with E-state index in [1.807, 2.05) is 30.3 Å². The average molecular weight is 836 g/mol. The molecule has 0 spiro atoms. The lowest BCUT2D eigenvalue weighted by atomic mass is 10.0. The Morgan fingerprint density at radius 1 is 0.983 bits per heavy atom. The summed E-state index contributed by atoms with van der Waals surface area (Å²) in [5.74, 6) is -2.02. The van der Waals surface area contributed by atoms with E-state index in [2.05, 4.69) is 20.3 Å². The highest BCUT2D eigenvalue weighted by Crippen LogP contribution is 2.25. The highest BCUT2D eigenvalue weighted by Gasteiger charge is 2.43. The average Bonchev–Trinajstić information content (AvgIpc) is 3.81. The number of carbonyl (C=O) groups excluding carboxylic acids is 4. The lowest BCUT2D eigenvalue weighted by molar-refractivity contribution is -0.140. The maximum absolute atomic E-state index is 14.3. The van der Waals surface area contributed by atoms with E-state index in [4.69, 9.17) is 25.5 Å². The smallest absolute Gasteiger partial charge is 0.407 e. The summed E-state index contributed by atoms with van der Waals surface area (Å²) in [5.41, 5.74) is 1.88. The number of nitrogens with one attached hydrogen (secondary N) is 3. The van der Waals surface area contributed by atoms with Gasteiger partial charge in [-0.2, -0.15) is 0 Å². The number of halogens is 1. The van der Waals surface area contributed by atoms with Crippen LogP contribution in [0.3, 0.4) is 0 Å². The first kappa shape index (κ1) is 44.0. The van der Waals surface area contributed by atoms with Gasteiger partial charge in [0.15, 0.2) is 5.58 Å². The number of benzene rings is 3. The van der Waals surface area contributed by atoms with Gasteiger partial charge in [0.25, 0.3) is 5.89 Å². The molecule has 58 heavy (non-hydrogen) atoms. The molecule has 310 valence electrons. The monoisotopic (exact) mass is 835 g/mol. The maximum Gasteiger partial charge on any atom is 0.407 e. The van der Waals surface area contributed by atoms with Crippen LogP contribution in [0.15, 0.2) is 89.4 Å². The number of nitrogens with zero attached hydrogens (tertiary/aromatic N) is 2. The van der Waals surface area contributed by atoms with E-state index in [-0.39, 0.29) is 44.8 Å². The van der Waals surface area contributed by atoms with Crippen LogP contribution in [0.4, 0.5) is 4.79 Å². The standard InChI is InChI=1S/C42H50ClN5O9S/c1-42(2,3)57-41(52)44-24-11-10-17-33(37(49)39-46-32-16-8-9-19-36(32)56-39)45-38(50)35-25-31(55-27-29-20-22-30(43)23-21-29)26-48(35)40(51)34(47-58(4,53)54)18-12-15-28-13-6-5-7-14-28/h5-9,12-16,19-23,31,33-35,47H,10-11,17-18,24-27H2,1-4H3,(H,44,52)(H,45,50)/b15-12+/t31-,33+,34-,35+/m1/s1. The predicted molar refractivity (Wildman–Crippen MR) is 220 cm³/mol. The van der Waals surface area contributed by atoms with Crippen LogP contribution in [-0.2, 0) is 35.7 Å². The normalized spacial score (nSPS) is 16.9. The molecule has 0 bridgehead atoms. The minimum absolute atomic E-state index is 0.00189. The van der Waals surface area contributed by atoms with E-state index < -0.39 is 63.5 Å². The molecule has 1 aliphatic rings. The van der Waals surface area contributed by atoms with Crippen molar-refractivity contribution in [3.05, 3.63) is 107 Å². The molecular weight excluding hydrogens is 786 g/mol. The maximum atomic E-state index is 14.3. The van der Waals surface area contributed by atoms with Crippen LogP contribution in [0.1, 0.15) is 74.7 Å². The third kappa shape index (κ3) is 13.5. The SMILES string of the molecule is CC(C)(C)OC(=O)NCCCC[C@H](NC(=O)[C@@H]1C[C@@H](OCc2ccc(Cl)cc2)CN1C(=O)[C@@H](C/C=C/c1ccccc1)NS(C)(=O)=O)C(=O)c1nc2ccccc2o1. The Morgan fingerprint density at radius 2 is 1.69 bits per heavy atom. The first-order valence-electron chi connectivity index (χ1n) is 19.1. The number of unbranched alkanes of at least 4 members (excludes halogenated alkanes) is 1. The fraction of sp³-hybridized carbons (Fsp3) is 0.405. The van der Waals surface area contributed by atoms with Gasteiger partial charge in [0.05, 0.1) is 25.0 Å². The third-order valence-electron chi connectivity index (χ3n) is 9.11. The summed E-state index contributed by atoms with van der Waals surface area (Å²) in [5, 5.41) is 6.11. The Hall–Kier alpha value is -5.09. The van der Waals surface area contributed by atoms with Crippen LogP contribution in [0.2, 0.25) is 5.02 Å². The minimum Gasteiger partial charge on any atom is -0.444 e. The molecule has 1 saturated heterocycles. The molecule has 3 amide bonds. The van der Waals surface area contributed by atoms with Crippen molar-refractivity contribution in [2.45, 2.75) is 89.3 Å². The van der Waals surface area contributed by atoms with Gasteiger partial charge >= 0.3 is 6.09 Å². The van der Waals surface area contributed by atoms with Gasteiger partial charge in [-0.3, -0.25) is 14.4 Å². The second-order valence-corrected chi connectivity index (χ2v) is 17.3. The van der Waals surface area contributed by atoms with Gasteiger partial charge in [-0.25, -0.2) is 22.9 Å². The highest BCUT2D eigenvalue weighted by atomic mass is 35.5. The highest BCUT2D eigenvalue weighted by molar-refractivity contribution is 7.88. The van der Waals surface area contributed by atoms with E-state index in [9.17, 15) is 27.6 Å². The number of carbonyl (C=O) groups is 4. The number of sulfonamides is 1. The van der Waals surface area contributed by atoms with Crippen molar-refractivity contribution in [1.82, 2.24) is 25.2 Å². The van der Waals surface area contributed by atoms with Crippen LogP contribution in [0.25, 0.3) is 17.2 Å². The molecule has 0 unspecified atom stereocenters. The molecular formula is C42H50ClN5O9S. The van der Waals surface area contributed by atoms with Crippen molar-refractivity contribution in [2.75, 3.05) is 19.3 Å². The lowest BCUT2D eigenvalue weighted by Crippen LogP contribution is -2.55. The van der Waals surface area contributed by atoms with Gasteiger partial charge in [-0.1, -0.05) is 78.4 Å². The van der Waals surface area contributed by atoms with E-state index in [1.54, 1.807) is 81.5 Å². The van der Waals surface area contributed by atoms with Gasteiger partial charge in [0.1, 0.15) is 23.2 Å². The number of fused-ring (bicyclic) bond motifs is 1. The molecule has 0 saturated carbocycles. The largest absolute Gasteiger partial charge is 0.444 e. The minimum atomic E-state index is -3.87. The zero-order valence-corrected chi connectivity index (χ0v) is 34.6. The number of ether oxygens (including phenoxy) is 2. The van der Waals surface area contributed by atoms with E-state index in [0.717, 1.165) is 17.4 Å². The Balaban J connectivity index is 1.37. The summed E-state index contributed by atoms with van der Waals surface area (Å²) in [6, 6.07) is 19.8. The van der Waals surface area contributed by atoms with E-state index >= 15 is 0 Å². The van der Waals surface area contributed by atoms with Crippen molar-refractivity contribution in [2.24, 2.45) is 0 Å². The van der Waals surface area contributed by atoms with Crippen molar-refractivity contribution in [3.8, 4) is 0 Å². The Bertz CT molecular complexity index is 2140. The Kier molecular flexibility index (Phi) is 15.2. The summed E-state index contributed by atoms with van der Waals surface area (Å²) in [7, 11) is -3.87. The number of hydrogen-bond acceptors (Lipinski definition) is 10. The molecule has 1 aromatic heterocycles. The number of ketones is 1. The zero-order valence-electron chi connectivity index (χ0n) is 33.0. The number of amides is 3. The number of aromatic nitrogens is 1. The lowest BCUT2D eigenvalue weighted by Gasteiger charge is -2.29.